The molecule has 1 aromatic heterocycles. The molecule has 2 aromatic carbocycles. The lowest BCUT2D eigenvalue weighted by Crippen LogP contribution is -2.23. The van der Waals surface area contributed by atoms with Gasteiger partial charge in [-0.2, -0.15) is 0 Å². The van der Waals surface area contributed by atoms with Gasteiger partial charge in [0.25, 0.3) is 5.91 Å². The summed E-state index contributed by atoms with van der Waals surface area (Å²) in [4.78, 5) is 21.2. The van der Waals surface area contributed by atoms with Crippen LogP contribution in [0.25, 0.3) is 0 Å². The second-order valence-electron chi connectivity index (χ2n) is 8.79. The number of anilines is 2. The molecule has 0 atom stereocenters. The number of nitrogens with two attached hydrogens (primary N) is 1. The smallest absolute Gasteiger partial charge is 0.255 e. The molecular weight excluding hydrogens is 456 g/mol. The maximum atomic E-state index is 12.7. The van der Waals surface area contributed by atoms with Crippen molar-refractivity contribution in [2.75, 3.05) is 25.3 Å². The van der Waals surface area contributed by atoms with Gasteiger partial charge in [0.15, 0.2) is 0 Å². The van der Waals surface area contributed by atoms with Crippen LogP contribution in [-0.2, 0) is 17.9 Å². The van der Waals surface area contributed by atoms with Crippen LogP contribution < -0.4 is 21.1 Å². The van der Waals surface area contributed by atoms with Gasteiger partial charge >= 0.3 is 0 Å². The number of nitrogen functional groups attached to an aromatic ring is 1. The van der Waals surface area contributed by atoms with E-state index in [9.17, 15) is 4.79 Å². The fourth-order valence-corrected chi connectivity index (χ4v) is 4.54. The third kappa shape index (κ3) is 5.63. The molecule has 4 rings (SSSR count). The molecule has 0 radical (unpaired) electrons. The number of carbonyl (C=O) groups is 1. The van der Waals surface area contributed by atoms with Gasteiger partial charge in [0, 0.05) is 25.3 Å². The monoisotopic (exact) mass is 488 g/mol. The van der Waals surface area contributed by atoms with Crippen molar-refractivity contribution >= 4 is 23.3 Å². The van der Waals surface area contributed by atoms with Crippen molar-refractivity contribution in [2.24, 2.45) is 0 Å². The Balaban J connectivity index is 1.56. The lowest BCUT2D eigenvalue weighted by Gasteiger charge is -2.19. The molecule has 1 heterocycles. The van der Waals surface area contributed by atoms with Gasteiger partial charge in [-0.05, 0) is 36.1 Å². The minimum absolute atomic E-state index is 0.227. The lowest BCUT2D eigenvalue weighted by molar-refractivity contribution is 0.0948. The molecule has 3 aromatic rings. The number of para-hydroxylation sites is 1. The van der Waals surface area contributed by atoms with Crippen LogP contribution in [0.4, 0.5) is 11.6 Å². The maximum absolute atomic E-state index is 12.7. The first-order valence-electron chi connectivity index (χ1n) is 12.0. The highest BCUT2D eigenvalue weighted by Crippen LogP contribution is 2.28. The van der Waals surface area contributed by atoms with Gasteiger partial charge < -0.3 is 25.8 Å². The number of aromatic nitrogens is 2. The summed E-state index contributed by atoms with van der Waals surface area (Å²) in [7, 11) is 3.15. The topological polar surface area (TPSA) is 135 Å². The molecule has 0 aliphatic heterocycles. The molecule has 1 fully saturated rings. The lowest BCUT2D eigenvalue weighted by atomic mass is 9.96. The van der Waals surface area contributed by atoms with E-state index in [1.54, 1.807) is 25.3 Å². The van der Waals surface area contributed by atoms with Crippen LogP contribution in [0.5, 0.6) is 5.75 Å². The summed E-state index contributed by atoms with van der Waals surface area (Å²) in [5.74, 6) is 1.13. The van der Waals surface area contributed by atoms with Gasteiger partial charge in [0.05, 0.1) is 30.6 Å². The van der Waals surface area contributed by atoms with Gasteiger partial charge in [-0.25, -0.2) is 9.97 Å². The van der Waals surface area contributed by atoms with Gasteiger partial charge in [-0.1, -0.05) is 43.2 Å². The highest BCUT2D eigenvalue weighted by Gasteiger charge is 2.22. The Bertz CT molecular complexity index is 1240. The van der Waals surface area contributed by atoms with E-state index in [0.29, 0.717) is 47.5 Å². The molecule has 1 amide bonds. The largest absolute Gasteiger partial charge is 0.496 e. The summed E-state index contributed by atoms with van der Waals surface area (Å²) in [6.07, 6.45) is 5.92. The molecule has 1 aliphatic carbocycles. The molecular formula is C27H32N6O3. The summed E-state index contributed by atoms with van der Waals surface area (Å²) in [6.45, 7) is 0.608. The third-order valence-corrected chi connectivity index (χ3v) is 6.37. The van der Waals surface area contributed by atoms with E-state index >= 15 is 0 Å². The predicted molar refractivity (Wildman–Crippen MR) is 140 cm³/mol. The zero-order valence-corrected chi connectivity index (χ0v) is 20.6. The summed E-state index contributed by atoms with van der Waals surface area (Å²) >= 11 is 0. The Kier molecular flexibility index (Phi) is 8.12. The van der Waals surface area contributed by atoms with E-state index in [0.717, 1.165) is 24.0 Å². The normalized spacial score (nSPS) is 13.4. The number of rotatable bonds is 10. The molecule has 0 bridgehead atoms. The highest BCUT2D eigenvalue weighted by molar-refractivity contribution is 6.17. The number of nitrogens with one attached hydrogen (secondary N) is 3. The minimum atomic E-state index is -0.227. The number of hydrogen-bond acceptors (Lipinski definition) is 8. The second-order valence-corrected chi connectivity index (χ2v) is 8.79. The molecule has 188 valence electrons. The van der Waals surface area contributed by atoms with Crippen molar-refractivity contribution in [3.05, 3.63) is 76.6 Å². The maximum Gasteiger partial charge on any atom is 0.255 e. The Morgan fingerprint density at radius 3 is 2.64 bits per heavy atom. The summed E-state index contributed by atoms with van der Waals surface area (Å²) in [5, 5.41) is 15.4. The number of carbonyl (C=O) groups excluding carboxylic acids is 1. The summed E-state index contributed by atoms with van der Waals surface area (Å²) < 4.78 is 10.7. The average molecular weight is 489 g/mol. The molecule has 1 aliphatic rings. The third-order valence-electron chi connectivity index (χ3n) is 6.37. The predicted octanol–water partition coefficient (Wildman–Crippen LogP) is 3.91. The van der Waals surface area contributed by atoms with Gasteiger partial charge in [-0.3, -0.25) is 10.2 Å². The average Bonchev–Trinajstić information content (AvgIpc) is 3.40. The zero-order chi connectivity index (χ0) is 25.5. The Labute approximate surface area is 211 Å². The standard InChI is InChI=1S/C27H32N6O3/c1-35-15-18-13-17(14-30-27(34)21-9-5-6-10-22(21)36-2)11-12-20(18)24(28)23-25(29)31-16-32-26(23)33-19-7-3-4-8-19/h5-6,9-13,16,19,28H,3-4,7-8,14-15H2,1-2H3,(H,30,34)(H3,29,31,32,33). The van der Waals surface area contributed by atoms with Crippen LogP contribution in [0.1, 0.15) is 58.3 Å². The van der Waals surface area contributed by atoms with Gasteiger partial charge in [0.1, 0.15) is 23.7 Å². The zero-order valence-electron chi connectivity index (χ0n) is 20.6. The van der Waals surface area contributed by atoms with Crippen LogP contribution in [0.2, 0.25) is 0 Å². The van der Waals surface area contributed by atoms with E-state index < -0.39 is 0 Å². The molecule has 9 heteroatoms. The molecule has 0 unspecified atom stereocenters. The minimum Gasteiger partial charge on any atom is -0.496 e. The highest BCUT2D eigenvalue weighted by atomic mass is 16.5. The van der Waals surface area contributed by atoms with Crippen molar-refractivity contribution in [3.8, 4) is 5.75 Å². The van der Waals surface area contributed by atoms with Gasteiger partial charge in [0.2, 0.25) is 0 Å². The SMILES string of the molecule is COCc1cc(CNC(=O)c2ccccc2OC)ccc1C(=N)c1c(N)ncnc1NC1CCCC1. The first kappa shape index (κ1) is 25.1. The van der Waals surface area contributed by atoms with Crippen LogP contribution in [0.15, 0.2) is 48.8 Å². The van der Waals surface area contributed by atoms with Crippen LogP contribution in [0, 0.1) is 5.41 Å². The van der Waals surface area contributed by atoms with E-state index in [2.05, 4.69) is 20.6 Å². The van der Waals surface area contributed by atoms with E-state index in [1.165, 1.54) is 26.3 Å². The van der Waals surface area contributed by atoms with Crippen molar-refractivity contribution in [1.29, 1.82) is 5.41 Å². The molecule has 9 nitrogen and oxygen atoms in total. The van der Waals surface area contributed by atoms with Crippen molar-refractivity contribution < 1.29 is 14.3 Å². The first-order chi connectivity index (χ1) is 17.5. The van der Waals surface area contributed by atoms with E-state index in [1.807, 2.05) is 24.3 Å². The molecule has 36 heavy (non-hydrogen) atoms. The fourth-order valence-electron chi connectivity index (χ4n) is 4.54. The number of benzene rings is 2. The van der Waals surface area contributed by atoms with Crippen molar-refractivity contribution in [2.45, 2.75) is 44.9 Å². The molecule has 0 spiro atoms. The van der Waals surface area contributed by atoms with Crippen molar-refractivity contribution in [3.63, 3.8) is 0 Å². The van der Waals surface area contributed by atoms with Crippen LogP contribution >= 0.6 is 0 Å². The Morgan fingerprint density at radius 1 is 1.11 bits per heavy atom. The number of amides is 1. The number of hydrogen-bond donors (Lipinski definition) is 4. The number of methoxy groups -OCH3 is 2. The molecule has 0 saturated heterocycles. The quantitative estimate of drug-likeness (QED) is 0.318. The summed E-state index contributed by atoms with van der Waals surface area (Å²) in [6, 6.07) is 13.1. The number of ether oxygens (including phenoxy) is 2. The van der Waals surface area contributed by atoms with Crippen LogP contribution in [-0.4, -0.2) is 41.8 Å². The van der Waals surface area contributed by atoms with Crippen LogP contribution in [0.3, 0.4) is 0 Å². The van der Waals surface area contributed by atoms with Crippen molar-refractivity contribution in [1.82, 2.24) is 15.3 Å². The fraction of sp³-hybridized carbons (Fsp3) is 0.333. The summed E-state index contributed by atoms with van der Waals surface area (Å²) in [5.41, 5.74) is 9.77. The van der Waals surface area contributed by atoms with Gasteiger partial charge in [-0.15, -0.1) is 0 Å². The Morgan fingerprint density at radius 2 is 1.89 bits per heavy atom. The Hall–Kier alpha value is -3.98. The molecule has 1 saturated carbocycles. The number of nitrogens with zero attached hydrogens (tertiary/aromatic N) is 2. The second kappa shape index (κ2) is 11.6. The molecule has 5 N–H and O–H groups in total. The first-order valence-corrected chi connectivity index (χ1v) is 12.0. The van der Waals surface area contributed by atoms with E-state index in [4.69, 9.17) is 20.6 Å². The van der Waals surface area contributed by atoms with E-state index in [-0.39, 0.29) is 17.4 Å².